The van der Waals surface area contributed by atoms with Gasteiger partial charge in [0.25, 0.3) is 5.89 Å². The first kappa shape index (κ1) is 23.5. The van der Waals surface area contributed by atoms with Crippen molar-refractivity contribution in [1.82, 2.24) is 34.5 Å². The van der Waals surface area contributed by atoms with Gasteiger partial charge in [0.15, 0.2) is 5.69 Å². The van der Waals surface area contributed by atoms with E-state index in [9.17, 15) is 0 Å². The van der Waals surface area contributed by atoms with Gasteiger partial charge >= 0.3 is 0 Å². The molecule has 0 bridgehead atoms. The van der Waals surface area contributed by atoms with Crippen LogP contribution in [0.5, 0.6) is 0 Å². The number of benzene rings is 2. The molecule has 0 radical (unpaired) electrons. The quantitative estimate of drug-likeness (QED) is 0.259. The van der Waals surface area contributed by atoms with Gasteiger partial charge in [-0.2, -0.15) is 5.10 Å². The van der Waals surface area contributed by atoms with Gasteiger partial charge in [0.2, 0.25) is 5.89 Å². The first-order valence-electron chi connectivity index (χ1n) is 10.7. The van der Waals surface area contributed by atoms with Gasteiger partial charge in [0.05, 0.1) is 17.3 Å². The third kappa shape index (κ3) is 4.69. The van der Waals surface area contributed by atoms with Gasteiger partial charge in [-0.25, -0.2) is 14.6 Å². The minimum Gasteiger partial charge on any atom is -0.419 e. The molecule has 5 rings (SSSR count). The van der Waals surface area contributed by atoms with Crippen molar-refractivity contribution in [1.29, 1.82) is 0 Å². The van der Waals surface area contributed by atoms with E-state index in [0.29, 0.717) is 50.5 Å². The van der Waals surface area contributed by atoms with Crippen LogP contribution in [0.25, 0.3) is 28.7 Å². The lowest BCUT2D eigenvalue weighted by molar-refractivity contribution is 0.398. The molecule has 5 aromatic rings. The molecule has 8 nitrogen and oxygen atoms in total. The van der Waals surface area contributed by atoms with Crippen LogP contribution >= 0.6 is 34.8 Å². The highest BCUT2D eigenvalue weighted by atomic mass is 35.5. The summed E-state index contributed by atoms with van der Waals surface area (Å²) in [7, 11) is 0. The lowest BCUT2D eigenvalue weighted by atomic mass is 9.97. The number of hydrogen-bond donors (Lipinski definition) is 0. The number of aromatic nitrogens is 7. The Morgan fingerprint density at radius 2 is 1.69 bits per heavy atom. The summed E-state index contributed by atoms with van der Waals surface area (Å²) in [6.45, 7) is 6.35. The standard InChI is InChI=1S/C24H20Cl3N7O/c1-24(2,3)23-32-31-22(35-23)20-19(11-33-13-28-12-29-33)34(16-7-4-14(25)5-8-16)21(30-20)17-9-6-15(26)10-18(17)27/h4-10,12-13H,11H2,1-3H3. The molecular weight excluding hydrogens is 509 g/mol. The highest BCUT2D eigenvalue weighted by molar-refractivity contribution is 6.36. The maximum atomic E-state index is 6.63. The lowest BCUT2D eigenvalue weighted by Gasteiger charge is -2.14. The summed E-state index contributed by atoms with van der Waals surface area (Å²) in [6.07, 6.45) is 3.11. The molecule has 0 atom stereocenters. The van der Waals surface area contributed by atoms with Gasteiger partial charge in [-0.05, 0) is 42.5 Å². The molecular formula is C24H20Cl3N7O. The SMILES string of the molecule is CC(C)(C)c1nnc(-c2nc(-c3ccc(Cl)cc3Cl)n(-c3ccc(Cl)cc3)c2Cn2cncn2)o1. The number of hydrogen-bond acceptors (Lipinski definition) is 6. The molecule has 0 fully saturated rings. The smallest absolute Gasteiger partial charge is 0.268 e. The van der Waals surface area contributed by atoms with E-state index in [-0.39, 0.29) is 5.41 Å². The largest absolute Gasteiger partial charge is 0.419 e. The average Bonchev–Trinajstić information content (AvgIpc) is 3.55. The molecule has 0 aliphatic carbocycles. The predicted octanol–water partition coefficient (Wildman–Crippen LogP) is 6.49. The first-order chi connectivity index (χ1) is 16.7. The summed E-state index contributed by atoms with van der Waals surface area (Å²) >= 11 is 19.0. The molecule has 0 aliphatic heterocycles. The molecule has 0 amide bonds. The average molecular weight is 529 g/mol. The van der Waals surface area contributed by atoms with Crippen LogP contribution in [0.2, 0.25) is 15.1 Å². The van der Waals surface area contributed by atoms with Crippen LogP contribution < -0.4 is 0 Å². The Morgan fingerprint density at radius 3 is 2.31 bits per heavy atom. The van der Waals surface area contributed by atoms with E-state index >= 15 is 0 Å². The Morgan fingerprint density at radius 1 is 0.943 bits per heavy atom. The van der Waals surface area contributed by atoms with Crippen LogP contribution in [0.3, 0.4) is 0 Å². The number of nitrogens with zero attached hydrogens (tertiary/aromatic N) is 7. The summed E-state index contributed by atoms with van der Waals surface area (Å²) in [6, 6.07) is 12.7. The molecule has 178 valence electrons. The summed E-state index contributed by atoms with van der Waals surface area (Å²) in [5, 5.41) is 14.5. The van der Waals surface area contributed by atoms with E-state index in [4.69, 9.17) is 44.2 Å². The maximum Gasteiger partial charge on any atom is 0.268 e. The van der Waals surface area contributed by atoms with E-state index in [1.165, 1.54) is 6.33 Å². The van der Waals surface area contributed by atoms with Crippen molar-refractivity contribution in [2.24, 2.45) is 0 Å². The Labute approximate surface area is 216 Å². The molecule has 2 aromatic carbocycles. The van der Waals surface area contributed by atoms with Gasteiger partial charge in [0, 0.05) is 26.7 Å². The fourth-order valence-electron chi connectivity index (χ4n) is 3.58. The number of halogens is 3. The van der Waals surface area contributed by atoms with E-state index in [0.717, 1.165) is 11.4 Å². The molecule has 3 aromatic heterocycles. The normalized spacial score (nSPS) is 11.8. The Bertz CT molecular complexity index is 1480. The summed E-state index contributed by atoms with van der Waals surface area (Å²) < 4.78 is 9.76. The van der Waals surface area contributed by atoms with E-state index in [1.807, 2.05) is 55.7 Å². The van der Waals surface area contributed by atoms with Crippen molar-refractivity contribution in [2.45, 2.75) is 32.7 Å². The topological polar surface area (TPSA) is 87.5 Å². The Kier molecular flexibility index (Phi) is 6.13. The monoisotopic (exact) mass is 527 g/mol. The van der Waals surface area contributed by atoms with Crippen molar-refractivity contribution in [3.8, 4) is 28.7 Å². The molecule has 0 saturated carbocycles. The molecule has 0 N–H and O–H groups in total. The maximum absolute atomic E-state index is 6.63. The predicted molar refractivity (Wildman–Crippen MR) is 135 cm³/mol. The van der Waals surface area contributed by atoms with Crippen molar-refractivity contribution in [2.75, 3.05) is 0 Å². The molecule has 35 heavy (non-hydrogen) atoms. The summed E-state index contributed by atoms with van der Waals surface area (Å²) in [4.78, 5) is 9.04. The third-order valence-electron chi connectivity index (χ3n) is 5.28. The molecule has 0 aliphatic rings. The Hall–Kier alpha value is -3.20. The minimum atomic E-state index is -0.321. The molecule has 0 spiro atoms. The van der Waals surface area contributed by atoms with E-state index < -0.39 is 0 Å². The van der Waals surface area contributed by atoms with Gasteiger partial charge in [-0.15, -0.1) is 10.2 Å². The van der Waals surface area contributed by atoms with Crippen molar-refractivity contribution < 1.29 is 4.42 Å². The van der Waals surface area contributed by atoms with Crippen LogP contribution in [-0.2, 0) is 12.0 Å². The second kappa shape index (κ2) is 9.11. The lowest BCUT2D eigenvalue weighted by Crippen LogP contribution is -2.11. The van der Waals surface area contributed by atoms with E-state index in [2.05, 4.69) is 20.3 Å². The number of imidazole rings is 1. The molecule has 0 unspecified atom stereocenters. The molecule has 11 heteroatoms. The molecule has 0 saturated heterocycles. The van der Waals surface area contributed by atoms with Crippen molar-refractivity contribution in [3.63, 3.8) is 0 Å². The van der Waals surface area contributed by atoms with Crippen molar-refractivity contribution >= 4 is 34.8 Å². The van der Waals surface area contributed by atoms with Crippen LogP contribution in [0, 0.1) is 0 Å². The van der Waals surface area contributed by atoms with Crippen LogP contribution in [0.15, 0.2) is 59.5 Å². The van der Waals surface area contributed by atoms with Crippen molar-refractivity contribution in [3.05, 3.63) is 81.8 Å². The zero-order valence-corrected chi connectivity index (χ0v) is 21.3. The zero-order chi connectivity index (χ0) is 24.7. The Balaban J connectivity index is 1.81. The fraction of sp³-hybridized carbons (Fsp3) is 0.208. The third-order valence-corrected chi connectivity index (χ3v) is 6.08. The summed E-state index contributed by atoms with van der Waals surface area (Å²) in [5.74, 6) is 1.38. The van der Waals surface area contributed by atoms with Crippen LogP contribution in [0.1, 0.15) is 32.4 Å². The highest BCUT2D eigenvalue weighted by Crippen LogP contribution is 2.37. The number of rotatable bonds is 5. The van der Waals surface area contributed by atoms with Gasteiger partial charge in [-0.3, -0.25) is 4.57 Å². The molecule has 3 heterocycles. The second-order valence-corrected chi connectivity index (χ2v) is 10.2. The van der Waals surface area contributed by atoms with Gasteiger partial charge < -0.3 is 4.42 Å². The minimum absolute atomic E-state index is 0.295. The van der Waals surface area contributed by atoms with E-state index in [1.54, 1.807) is 23.1 Å². The van der Waals surface area contributed by atoms with Crippen LogP contribution in [-0.4, -0.2) is 34.5 Å². The highest BCUT2D eigenvalue weighted by Gasteiger charge is 2.28. The zero-order valence-electron chi connectivity index (χ0n) is 19.1. The van der Waals surface area contributed by atoms with Gasteiger partial charge in [0.1, 0.15) is 18.5 Å². The fourth-order valence-corrected chi connectivity index (χ4v) is 4.20. The second-order valence-electron chi connectivity index (χ2n) is 8.92. The first-order valence-corrected chi connectivity index (χ1v) is 11.8. The van der Waals surface area contributed by atoms with Crippen LogP contribution in [0.4, 0.5) is 0 Å². The summed E-state index contributed by atoms with van der Waals surface area (Å²) in [5.41, 5.74) is 2.45. The van der Waals surface area contributed by atoms with Gasteiger partial charge in [-0.1, -0.05) is 55.6 Å².